The SMILES string of the molecule is CN(CC1(CO)CC1)c1cc(Cl)ccc1F. The van der Waals surface area contributed by atoms with Gasteiger partial charge in [0.05, 0.1) is 12.3 Å². The third-order valence-electron chi connectivity index (χ3n) is 3.18. The molecule has 1 aromatic rings. The quantitative estimate of drug-likeness (QED) is 0.879. The van der Waals surface area contributed by atoms with E-state index in [4.69, 9.17) is 11.6 Å². The number of halogens is 2. The molecule has 0 radical (unpaired) electrons. The summed E-state index contributed by atoms with van der Waals surface area (Å²) in [5.41, 5.74) is 0.469. The van der Waals surface area contributed by atoms with Crippen LogP contribution in [0.5, 0.6) is 0 Å². The number of hydrogen-bond acceptors (Lipinski definition) is 2. The molecule has 1 saturated carbocycles. The van der Waals surface area contributed by atoms with Crippen molar-refractivity contribution >= 4 is 17.3 Å². The van der Waals surface area contributed by atoms with Crippen molar-refractivity contribution in [3.63, 3.8) is 0 Å². The van der Waals surface area contributed by atoms with Gasteiger partial charge in [0.15, 0.2) is 0 Å². The summed E-state index contributed by atoms with van der Waals surface area (Å²) in [5, 5.41) is 9.75. The Bertz CT molecular complexity index is 393. The van der Waals surface area contributed by atoms with Crippen LogP contribution in [0.25, 0.3) is 0 Å². The molecule has 0 saturated heterocycles. The second-order valence-corrected chi connectivity index (χ2v) is 5.05. The Balaban J connectivity index is 2.14. The zero-order valence-electron chi connectivity index (χ0n) is 9.21. The lowest BCUT2D eigenvalue weighted by atomic mass is 10.1. The Morgan fingerprint density at radius 2 is 2.19 bits per heavy atom. The van der Waals surface area contributed by atoms with Gasteiger partial charge in [-0.05, 0) is 31.0 Å². The summed E-state index contributed by atoms with van der Waals surface area (Å²) < 4.78 is 13.6. The van der Waals surface area contributed by atoms with Gasteiger partial charge >= 0.3 is 0 Å². The van der Waals surface area contributed by atoms with Gasteiger partial charge in [0.1, 0.15) is 5.82 Å². The van der Waals surface area contributed by atoms with Crippen molar-refractivity contribution in [2.24, 2.45) is 5.41 Å². The smallest absolute Gasteiger partial charge is 0.146 e. The lowest BCUT2D eigenvalue weighted by Gasteiger charge is -2.24. The van der Waals surface area contributed by atoms with Crippen LogP contribution < -0.4 is 4.90 Å². The van der Waals surface area contributed by atoms with Gasteiger partial charge < -0.3 is 10.0 Å². The summed E-state index contributed by atoms with van der Waals surface area (Å²) in [6.07, 6.45) is 2.02. The number of hydrogen-bond donors (Lipinski definition) is 1. The number of anilines is 1. The van der Waals surface area contributed by atoms with Gasteiger partial charge in [-0.1, -0.05) is 11.6 Å². The molecule has 16 heavy (non-hydrogen) atoms. The topological polar surface area (TPSA) is 23.5 Å². The van der Waals surface area contributed by atoms with Crippen molar-refractivity contribution in [1.29, 1.82) is 0 Å². The first-order valence-corrected chi connectivity index (χ1v) is 5.71. The number of aliphatic hydroxyl groups is 1. The summed E-state index contributed by atoms with van der Waals surface area (Å²) in [4.78, 5) is 1.82. The van der Waals surface area contributed by atoms with E-state index >= 15 is 0 Å². The molecule has 0 aromatic heterocycles. The molecule has 88 valence electrons. The molecule has 2 rings (SSSR count). The van der Waals surface area contributed by atoms with Crippen LogP contribution in [0.3, 0.4) is 0 Å². The van der Waals surface area contributed by atoms with Crippen LogP contribution >= 0.6 is 11.6 Å². The summed E-state index contributed by atoms with van der Waals surface area (Å²) in [7, 11) is 1.82. The summed E-state index contributed by atoms with van der Waals surface area (Å²) in [6.45, 7) is 0.834. The van der Waals surface area contributed by atoms with Crippen LogP contribution in [0.15, 0.2) is 18.2 Å². The number of nitrogens with zero attached hydrogens (tertiary/aromatic N) is 1. The fourth-order valence-corrected chi connectivity index (χ4v) is 2.08. The molecule has 0 heterocycles. The third-order valence-corrected chi connectivity index (χ3v) is 3.42. The van der Waals surface area contributed by atoms with Crippen LogP contribution in [-0.4, -0.2) is 25.3 Å². The van der Waals surface area contributed by atoms with Crippen LogP contribution in [0.2, 0.25) is 5.02 Å². The second-order valence-electron chi connectivity index (χ2n) is 4.61. The van der Waals surface area contributed by atoms with E-state index in [1.807, 2.05) is 11.9 Å². The summed E-state index contributed by atoms with van der Waals surface area (Å²) in [6, 6.07) is 4.52. The average Bonchev–Trinajstić information content (AvgIpc) is 3.02. The largest absolute Gasteiger partial charge is 0.396 e. The highest BCUT2D eigenvalue weighted by Gasteiger charge is 2.43. The zero-order chi connectivity index (χ0) is 11.8. The van der Waals surface area contributed by atoms with E-state index in [1.165, 1.54) is 12.1 Å². The van der Waals surface area contributed by atoms with Crippen molar-refractivity contribution in [2.75, 3.05) is 25.1 Å². The maximum atomic E-state index is 13.6. The minimum absolute atomic E-state index is 0.0243. The minimum Gasteiger partial charge on any atom is -0.396 e. The molecule has 0 atom stereocenters. The molecule has 4 heteroatoms. The van der Waals surface area contributed by atoms with Crippen molar-refractivity contribution < 1.29 is 9.50 Å². The molecule has 0 aliphatic heterocycles. The van der Waals surface area contributed by atoms with Gasteiger partial charge in [0, 0.05) is 24.0 Å². The van der Waals surface area contributed by atoms with Crippen molar-refractivity contribution in [1.82, 2.24) is 0 Å². The molecule has 2 nitrogen and oxygen atoms in total. The predicted molar refractivity (Wildman–Crippen MR) is 63.4 cm³/mol. The summed E-state index contributed by atoms with van der Waals surface area (Å²) >= 11 is 5.84. The zero-order valence-corrected chi connectivity index (χ0v) is 9.97. The van der Waals surface area contributed by atoms with Crippen LogP contribution in [0.4, 0.5) is 10.1 Å². The van der Waals surface area contributed by atoms with Crippen molar-refractivity contribution in [2.45, 2.75) is 12.8 Å². The number of benzene rings is 1. The van der Waals surface area contributed by atoms with Crippen LogP contribution in [-0.2, 0) is 0 Å². The Morgan fingerprint density at radius 3 is 2.75 bits per heavy atom. The Labute approximate surface area is 99.6 Å². The predicted octanol–water partition coefficient (Wildman–Crippen LogP) is 2.69. The number of rotatable bonds is 4. The highest BCUT2D eigenvalue weighted by Crippen LogP contribution is 2.46. The van der Waals surface area contributed by atoms with Crippen molar-refractivity contribution in [3.8, 4) is 0 Å². The van der Waals surface area contributed by atoms with Gasteiger partial charge in [-0.2, -0.15) is 0 Å². The fraction of sp³-hybridized carbons (Fsp3) is 0.500. The van der Waals surface area contributed by atoms with Crippen LogP contribution in [0.1, 0.15) is 12.8 Å². The van der Waals surface area contributed by atoms with E-state index in [9.17, 15) is 9.50 Å². The van der Waals surface area contributed by atoms with E-state index in [0.717, 1.165) is 12.8 Å². The molecule has 1 aliphatic rings. The second kappa shape index (κ2) is 4.22. The Hall–Kier alpha value is -0.800. The molecule has 1 aromatic carbocycles. The van der Waals surface area contributed by atoms with Gasteiger partial charge in [-0.3, -0.25) is 0 Å². The highest BCUT2D eigenvalue weighted by molar-refractivity contribution is 6.30. The van der Waals surface area contributed by atoms with E-state index in [0.29, 0.717) is 17.3 Å². The van der Waals surface area contributed by atoms with Crippen LogP contribution in [0, 0.1) is 11.2 Å². The lowest BCUT2D eigenvalue weighted by Crippen LogP contribution is -2.29. The molecular formula is C12H15ClFNO. The van der Waals surface area contributed by atoms with E-state index in [2.05, 4.69) is 0 Å². The average molecular weight is 244 g/mol. The first-order chi connectivity index (χ1) is 7.56. The molecule has 0 spiro atoms. The Kier molecular flexibility index (Phi) is 3.08. The molecular weight excluding hydrogens is 229 g/mol. The maximum absolute atomic E-state index is 13.6. The van der Waals surface area contributed by atoms with Gasteiger partial charge in [0.2, 0.25) is 0 Å². The van der Waals surface area contributed by atoms with E-state index in [1.54, 1.807) is 6.07 Å². The van der Waals surface area contributed by atoms with Gasteiger partial charge in [0.25, 0.3) is 0 Å². The molecule has 1 aliphatic carbocycles. The monoisotopic (exact) mass is 243 g/mol. The van der Waals surface area contributed by atoms with E-state index < -0.39 is 0 Å². The lowest BCUT2D eigenvalue weighted by molar-refractivity contribution is 0.215. The van der Waals surface area contributed by atoms with E-state index in [-0.39, 0.29) is 17.8 Å². The summed E-state index contributed by atoms with van der Waals surface area (Å²) in [5.74, 6) is -0.277. The Morgan fingerprint density at radius 1 is 1.50 bits per heavy atom. The molecule has 0 unspecified atom stereocenters. The molecule has 1 fully saturated rings. The van der Waals surface area contributed by atoms with Gasteiger partial charge in [-0.15, -0.1) is 0 Å². The minimum atomic E-state index is -0.277. The molecule has 0 bridgehead atoms. The van der Waals surface area contributed by atoms with Gasteiger partial charge in [-0.25, -0.2) is 4.39 Å². The normalized spacial score (nSPS) is 17.2. The standard InChI is InChI=1S/C12H15ClFNO/c1-15(7-12(8-16)4-5-12)11-6-9(13)2-3-10(11)14/h2-3,6,16H,4-5,7-8H2,1H3. The first kappa shape index (κ1) is 11.7. The maximum Gasteiger partial charge on any atom is 0.146 e. The number of aliphatic hydroxyl groups excluding tert-OH is 1. The molecule has 0 amide bonds. The first-order valence-electron chi connectivity index (χ1n) is 5.33. The third kappa shape index (κ3) is 2.30. The molecule has 1 N–H and O–H groups in total. The fourth-order valence-electron chi connectivity index (χ4n) is 1.91. The van der Waals surface area contributed by atoms with Crippen molar-refractivity contribution in [3.05, 3.63) is 29.0 Å². The highest BCUT2D eigenvalue weighted by atomic mass is 35.5.